The summed E-state index contributed by atoms with van der Waals surface area (Å²) in [6, 6.07) is 10.8. The Labute approximate surface area is 145 Å². The van der Waals surface area contributed by atoms with E-state index in [1.807, 2.05) is 24.3 Å². The molecule has 7 heteroatoms. The van der Waals surface area contributed by atoms with Crippen molar-refractivity contribution in [2.24, 2.45) is 0 Å². The van der Waals surface area contributed by atoms with Gasteiger partial charge in [0.15, 0.2) is 5.65 Å². The number of nitrogens with zero attached hydrogens (tertiary/aromatic N) is 2. The van der Waals surface area contributed by atoms with Crippen molar-refractivity contribution < 1.29 is 9.53 Å². The third-order valence-electron chi connectivity index (χ3n) is 3.73. The summed E-state index contributed by atoms with van der Waals surface area (Å²) >= 11 is 7.38. The molecule has 0 aliphatic carbocycles. The van der Waals surface area contributed by atoms with E-state index in [2.05, 4.69) is 4.98 Å². The van der Waals surface area contributed by atoms with Crippen LogP contribution in [0.3, 0.4) is 0 Å². The van der Waals surface area contributed by atoms with Gasteiger partial charge in [0.25, 0.3) is 0 Å². The molecule has 0 bridgehead atoms. The molecule has 0 spiro atoms. The first kappa shape index (κ1) is 15.1. The number of ether oxygens (including phenoxy) is 1. The minimum Gasteiger partial charge on any atom is -0.462 e. The number of hydrogen-bond donors (Lipinski definition) is 0. The Morgan fingerprint density at radius 1 is 1.29 bits per heavy atom. The molecule has 0 aliphatic rings. The predicted octanol–water partition coefficient (Wildman–Crippen LogP) is 3.89. The Morgan fingerprint density at radius 3 is 2.88 bits per heavy atom. The van der Waals surface area contributed by atoms with Gasteiger partial charge in [0.05, 0.1) is 22.2 Å². The van der Waals surface area contributed by atoms with Gasteiger partial charge in [-0.05, 0) is 31.2 Å². The van der Waals surface area contributed by atoms with Crippen LogP contribution in [0.5, 0.6) is 0 Å². The van der Waals surface area contributed by atoms with Crippen LogP contribution in [0, 0.1) is 0 Å². The highest BCUT2D eigenvalue weighted by Crippen LogP contribution is 2.31. The molecule has 1 aromatic carbocycles. The summed E-state index contributed by atoms with van der Waals surface area (Å²) < 4.78 is 7.84. The summed E-state index contributed by atoms with van der Waals surface area (Å²) in [5.41, 5.74) is 0.949. The Bertz CT molecular complexity index is 1180. The molecule has 4 aromatic rings. The second-order valence-corrected chi connectivity index (χ2v) is 6.56. The number of esters is 1. The zero-order valence-electron chi connectivity index (χ0n) is 12.6. The minimum absolute atomic E-state index is 0.0367. The van der Waals surface area contributed by atoms with Crippen LogP contribution in [-0.4, -0.2) is 22.0 Å². The largest absolute Gasteiger partial charge is 0.462 e. The van der Waals surface area contributed by atoms with Gasteiger partial charge in [0, 0.05) is 0 Å². The molecule has 3 aromatic heterocycles. The highest BCUT2D eigenvalue weighted by molar-refractivity contribution is 7.24. The fraction of sp³-hybridized carbons (Fsp3) is 0.118. The van der Waals surface area contributed by atoms with E-state index < -0.39 is 5.97 Å². The van der Waals surface area contributed by atoms with Crippen LogP contribution in [0.4, 0.5) is 0 Å². The first-order valence-electron chi connectivity index (χ1n) is 7.31. The summed E-state index contributed by atoms with van der Waals surface area (Å²) in [5.74, 6) is -0.622. The lowest BCUT2D eigenvalue weighted by Crippen LogP contribution is -2.20. The van der Waals surface area contributed by atoms with Crippen LogP contribution in [0.1, 0.15) is 17.3 Å². The molecule has 3 heterocycles. The lowest BCUT2D eigenvalue weighted by Gasteiger charge is -2.07. The van der Waals surface area contributed by atoms with E-state index >= 15 is 0 Å². The highest BCUT2D eigenvalue weighted by Gasteiger charge is 2.23. The van der Waals surface area contributed by atoms with E-state index in [1.54, 1.807) is 23.5 Å². The van der Waals surface area contributed by atoms with Gasteiger partial charge in [-0.25, -0.2) is 9.78 Å². The first-order chi connectivity index (χ1) is 11.6. The summed E-state index contributed by atoms with van der Waals surface area (Å²) in [6.45, 7) is 1.91. The average molecular weight is 359 g/mol. The molecule has 0 atom stereocenters. The maximum Gasteiger partial charge on any atom is 0.345 e. The van der Waals surface area contributed by atoms with Crippen LogP contribution in [0.15, 0.2) is 41.2 Å². The fourth-order valence-corrected chi connectivity index (χ4v) is 4.06. The van der Waals surface area contributed by atoms with Crippen molar-refractivity contribution in [3.8, 4) is 0 Å². The second-order valence-electron chi connectivity index (χ2n) is 5.14. The molecular formula is C17H11ClN2O3S. The minimum atomic E-state index is -0.622. The average Bonchev–Trinajstić information content (AvgIpc) is 2.94. The molecule has 0 unspecified atom stereocenters. The first-order valence-corrected chi connectivity index (χ1v) is 8.51. The Morgan fingerprint density at radius 2 is 2.08 bits per heavy atom. The second kappa shape index (κ2) is 5.58. The van der Waals surface area contributed by atoms with E-state index in [-0.39, 0.29) is 22.8 Å². The Balaban J connectivity index is 2.30. The lowest BCUT2D eigenvalue weighted by atomic mass is 10.2. The number of aromatic nitrogens is 2. The molecule has 0 saturated heterocycles. The monoisotopic (exact) mass is 358 g/mol. The zero-order valence-corrected chi connectivity index (χ0v) is 14.1. The van der Waals surface area contributed by atoms with Crippen LogP contribution < -0.4 is 5.43 Å². The molecule has 0 fully saturated rings. The maximum atomic E-state index is 12.9. The van der Waals surface area contributed by atoms with Crippen molar-refractivity contribution in [3.63, 3.8) is 0 Å². The molecule has 4 rings (SSSR count). The van der Waals surface area contributed by atoms with Crippen LogP contribution in [0.25, 0.3) is 26.1 Å². The molecule has 0 amide bonds. The molecule has 5 nitrogen and oxygen atoms in total. The summed E-state index contributed by atoms with van der Waals surface area (Å²) in [7, 11) is 0. The number of carbonyl (C=O) groups is 1. The van der Waals surface area contributed by atoms with Crippen molar-refractivity contribution >= 4 is 55.0 Å². The maximum absolute atomic E-state index is 12.9. The zero-order chi connectivity index (χ0) is 16.8. The predicted molar refractivity (Wildman–Crippen MR) is 95.3 cm³/mol. The molecule has 0 aliphatic heterocycles. The van der Waals surface area contributed by atoms with Gasteiger partial charge < -0.3 is 4.74 Å². The Kier molecular flexibility index (Phi) is 3.51. The third-order valence-corrected chi connectivity index (χ3v) is 5.09. The summed E-state index contributed by atoms with van der Waals surface area (Å²) in [4.78, 5) is 30.1. The number of thiazole rings is 1. The van der Waals surface area contributed by atoms with E-state index in [0.29, 0.717) is 15.9 Å². The topological polar surface area (TPSA) is 60.7 Å². The fourth-order valence-electron chi connectivity index (χ4n) is 2.75. The van der Waals surface area contributed by atoms with E-state index in [9.17, 15) is 9.59 Å². The lowest BCUT2D eigenvalue weighted by molar-refractivity contribution is 0.0527. The number of halogens is 1. The number of benzene rings is 1. The van der Waals surface area contributed by atoms with Crippen LogP contribution in [0.2, 0.25) is 5.15 Å². The Hall–Kier alpha value is -2.44. The van der Waals surface area contributed by atoms with Crippen molar-refractivity contribution in [2.75, 3.05) is 6.61 Å². The number of para-hydroxylation sites is 1. The molecule has 24 heavy (non-hydrogen) atoms. The van der Waals surface area contributed by atoms with E-state index in [4.69, 9.17) is 16.3 Å². The smallest absolute Gasteiger partial charge is 0.345 e. The molecule has 120 valence electrons. The number of rotatable bonds is 2. The van der Waals surface area contributed by atoms with Gasteiger partial charge in [0.1, 0.15) is 15.5 Å². The molecule has 0 radical (unpaired) electrons. The normalized spacial score (nSPS) is 11.4. The van der Waals surface area contributed by atoms with Gasteiger partial charge in [0.2, 0.25) is 5.43 Å². The number of carbonyl (C=O) groups excluding carboxylic acids is 1. The van der Waals surface area contributed by atoms with Crippen molar-refractivity contribution in [1.29, 1.82) is 0 Å². The quantitative estimate of drug-likeness (QED) is 0.403. The van der Waals surface area contributed by atoms with Gasteiger partial charge in [-0.15, -0.1) is 11.3 Å². The van der Waals surface area contributed by atoms with Gasteiger partial charge in [-0.3, -0.25) is 9.20 Å². The van der Waals surface area contributed by atoms with E-state index in [1.165, 1.54) is 11.3 Å². The molecule has 0 N–H and O–H groups in total. The number of hydrogen-bond acceptors (Lipinski definition) is 5. The van der Waals surface area contributed by atoms with Crippen LogP contribution in [-0.2, 0) is 4.74 Å². The third kappa shape index (κ3) is 2.11. The SMILES string of the molecule is CCOC(=O)c1c(=O)c2ccc(Cl)nc2n2c1sc1ccccc12. The summed E-state index contributed by atoms with van der Waals surface area (Å²) in [6.07, 6.45) is 0. The van der Waals surface area contributed by atoms with Crippen LogP contribution >= 0.6 is 22.9 Å². The number of fused-ring (bicyclic) bond motifs is 5. The van der Waals surface area contributed by atoms with E-state index in [0.717, 1.165) is 10.2 Å². The molecule has 0 saturated carbocycles. The number of pyridine rings is 2. The van der Waals surface area contributed by atoms with Gasteiger partial charge in [-0.2, -0.15) is 0 Å². The van der Waals surface area contributed by atoms with Crippen molar-refractivity contribution in [3.05, 3.63) is 57.3 Å². The highest BCUT2D eigenvalue weighted by atomic mass is 35.5. The molecular weight excluding hydrogens is 348 g/mol. The summed E-state index contributed by atoms with van der Waals surface area (Å²) in [5, 5.41) is 0.623. The van der Waals surface area contributed by atoms with Gasteiger partial charge >= 0.3 is 5.97 Å². The van der Waals surface area contributed by atoms with Crippen molar-refractivity contribution in [1.82, 2.24) is 9.38 Å². The van der Waals surface area contributed by atoms with Gasteiger partial charge in [-0.1, -0.05) is 23.7 Å². The standard InChI is InChI=1S/C17H11ClN2O3S/c1-2-23-17(22)13-14(21)9-7-8-12(18)19-15(9)20-10-5-3-4-6-11(10)24-16(13)20/h3-8H,2H2,1H3. The van der Waals surface area contributed by atoms with Crippen molar-refractivity contribution in [2.45, 2.75) is 6.92 Å².